The molecule has 2 aromatic carbocycles. The van der Waals surface area contributed by atoms with E-state index in [-0.39, 0.29) is 24.5 Å². The van der Waals surface area contributed by atoms with Crippen molar-refractivity contribution in [2.24, 2.45) is 0 Å². The molecule has 230 valence electrons. The first-order chi connectivity index (χ1) is 20.5. The molecule has 0 saturated carbocycles. The molecule has 5 rings (SSSR count). The Morgan fingerprint density at radius 2 is 1.79 bits per heavy atom. The molecule has 0 spiro atoms. The molecule has 2 aliphatic rings. The summed E-state index contributed by atoms with van der Waals surface area (Å²) in [6.45, 7) is 10.3. The summed E-state index contributed by atoms with van der Waals surface area (Å²) < 4.78 is 5.32. The zero-order valence-electron chi connectivity index (χ0n) is 25.1. The van der Waals surface area contributed by atoms with Crippen molar-refractivity contribution in [3.05, 3.63) is 63.3 Å². The number of piperazine rings is 1. The molecule has 3 heterocycles. The second-order valence-corrected chi connectivity index (χ2v) is 12.4. The fraction of sp³-hybridized carbons (Fsp3) is 0.433. The third-order valence-corrected chi connectivity index (χ3v) is 8.71. The maximum Gasteiger partial charge on any atom is 0.323 e. The summed E-state index contributed by atoms with van der Waals surface area (Å²) in [6.07, 6.45) is 0. The molecule has 43 heavy (non-hydrogen) atoms. The van der Waals surface area contributed by atoms with E-state index in [1.54, 1.807) is 30.2 Å². The molecule has 0 unspecified atom stereocenters. The van der Waals surface area contributed by atoms with Gasteiger partial charge in [0, 0.05) is 56.3 Å². The van der Waals surface area contributed by atoms with E-state index in [4.69, 9.17) is 27.9 Å². The number of benzene rings is 2. The van der Waals surface area contributed by atoms with Gasteiger partial charge in [0.2, 0.25) is 0 Å². The number of hydrogen-bond acceptors (Lipinski definition) is 7. The smallest absolute Gasteiger partial charge is 0.323 e. The topological polar surface area (TPSA) is 118 Å². The number of methoxy groups -OCH3 is 1. The highest BCUT2D eigenvalue weighted by Crippen LogP contribution is 2.41. The molecule has 13 heteroatoms. The zero-order valence-corrected chi connectivity index (χ0v) is 26.6. The Balaban J connectivity index is 1.36. The van der Waals surface area contributed by atoms with Gasteiger partial charge in [-0.25, -0.2) is 4.79 Å². The van der Waals surface area contributed by atoms with Crippen molar-refractivity contribution in [3.63, 3.8) is 0 Å². The minimum atomic E-state index is -0.740. The summed E-state index contributed by atoms with van der Waals surface area (Å²) in [7, 11) is 3.77. The number of carbonyl (C=O) groups is 2. The number of rotatable bonds is 8. The van der Waals surface area contributed by atoms with Crippen LogP contribution in [0.25, 0.3) is 0 Å². The van der Waals surface area contributed by atoms with E-state index in [0.717, 1.165) is 43.1 Å². The minimum Gasteiger partial charge on any atom is -0.383 e. The third kappa shape index (κ3) is 6.40. The molecule has 0 radical (unpaired) electrons. The van der Waals surface area contributed by atoms with Gasteiger partial charge in [0.1, 0.15) is 0 Å². The number of nitrogens with one attached hydrogen (secondary N) is 4. The number of carbonyl (C=O) groups excluding carboxylic acids is 2. The highest BCUT2D eigenvalue weighted by molar-refractivity contribution is 6.39. The second kappa shape index (κ2) is 12.6. The fourth-order valence-corrected chi connectivity index (χ4v) is 6.07. The van der Waals surface area contributed by atoms with E-state index in [1.807, 2.05) is 39.0 Å². The molecule has 3 amide bonds. The molecule has 1 aromatic heterocycles. The van der Waals surface area contributed by atoms with E-state index in [9.17, 15) is 9.59 Å². The number of amides is 3. The Labute approximate surface area is 261 Å². The van der Waals surface area contributed by atoms with E-state index in [1.165, 1.54) is 0 Å². The summed E-state index contributed by atoms with van der Waals surface area (Å²) in [5.41, 5.74) is 3.32. The number of aromatic nitrogens is 2. The summed E-state index contributed by atoms with van der Waals surface area (Å²) in [6, 6.07) is 10.5. The monoisotopic (exact) mass is 628 g/mol. The quantitative estimate of drug-likeness (QED) is 0.262. The van der Waals surface area contributed by atoms with Crippen LogP contribution in [0, 0.1) is 0 Å². The van der Waals surface area contributed by atoms with Crippen molar-refractivity contribution in [2.45, 2.75) is 38.9 Å². The Kier molecular flexibility index (Phi) is 9.07. The van der Waals surface area contributed by atoms with Gasteiger partial charge >= 0.3 is 6.03 Å². The number of likely N-dealkylation sites (N-methyl/N-ethyl adjacent to an activating group) is 1. The Hall–Kier alpha value is -3.51. The second-order valence-electron chi connectivity index (χ2n) is 11.6. The molecule has 0 bridgehead atoms. The molecular formula is C30H38Cl2N8O3. The van der Waals surface area contributed by atoms with Crippen LogP contribution in [-0.2, 0) is 16.8 Å². The molecule has 1 fully saturated rings. The van der Waals surface area contributed by atoms with E-state index in [0.29, 0.717) is 39.4 Å². The molecule has 4 N–H and O–H groups in total. The summed E-state index contributed by atoms with van der Waals surface area (Å²) in [5, 5.41) is 17.4. The number of nitrogens with zero attached hydrogens (tertiary/aromatic N) is 4. The van der Waals surface area contributed by atoms with Crippen LogP contribution in [0.4, 0.5) is 27.7 Å². The lowest BCUT2D eigenvalue weighted by Crippen LogP contribution is -2.44. The normalized spacial score (nSPS) is 17.0. The van der Waals surface area contributed by atoms with Gasteiger partial charge in [0.05, 0.1) is 45.7 Å². The highest BCUT2D eigenvalue weighted by Gasteiger charge is 2.44. The summed E-state index contributed by atoms with van der Waals surface area (Å²) >= 11 is 12.6. The number of halogens is 2. The number of anilines is 4. The van der Waals surface area contributed by atoms with Crippen LogP contribution in [0.1, 0.15) is 42.4 Å². The largest absolute Gasteiger partial charge is 0.383 e. The SMILES string of the molecule is COC[C@H](C)Nc1cc(N2CCN(C)CC2)ccc1C(=O)Nc1n[nH]c2c1CN(C(=O)Nc1c(Cl)cccc1Cl)C2(C)C. The maximum absolute atomic E-state index is 13.7. The van der Waals surface area contributed by atoms with Crippen molar-refractivity contribution in [1.29, 1.82) is 0 Å². The molecule has 1 atom stereocenters. The summed E-state index contributed by atoms with van der Waals surface area (Å²) in [5.74, 6) is 0.0630. The van der Waals surface area contributed by atoms with Gasteiger partial charge in [-0.3, -0.25) is 9.89 Å². The average molecular weight is 630 g/mol. The van der Waals surface area contributed by atoms with Crippen LogP contribution < -0.4 is 20.9 Å². The Morgan fingerprint density at radius 1 is 1.09 bits per heavy atom. The molecule has 1 saturated heterocycles. The molecular weight excluding hydrogens is 591 g/mol. The predicted octanol–water partition coefficient (Wildman–Crippen LogP) is 5.45. The van der Waals surface area contributed by atoms with Gasteiger partial charge in [0.25, 0.3) is 5.91 Å². The number of para-hydroxylation sites is 1. The van der Waals surface area contributed by atoms with Gasteiger partial charge in [-0.05, 0) is 58.2 Å². The molecule has 11 nitrogen and oxygen atoms in total. The van der Waals surface area contributed by atoms with Gasteiger partial charge < -0.3 is 35.4 Å². The predicted molar refractivity (Wildman–Crippen MR) is 172 cm³/mol. The van der Waals surface area contributed by atoms with E-state index >= 15 is 0 Å². The van der Waals surface area contributed by atoms with Crippen LogP contribution in [0.2, 0.25) is 10.0 Å². The maximum atomic E-state index is 13.7. The number of aromatic amines is 1. The lowest BCUT2D eigenvalue weighted by molar-refractivity contribution is 0.102. The van der Waals surface area contributed by atoms with Gasteiger partial charge in [-0.15, -0.1) is 0 Å². The van der Waals surface area contributed by atoms with Gasteiger partial charge in [0.15, 0.2) is 5.82 Å². The zero-order chi connectivity index (χ0) is 30.9. The first-order valence-electron chi connectivity index (χ1n) is 14.2. The standard InChI is InChI=1S/C30H38Cl2N8O3/c1-18(17-43-5)33-24-15-19(39-13-11-38(4)12-14-39)9-10-20(24)28(41)35-27-21-16-40(30(2,3)26(21)36-37-27)29(42)34-25-22(31)7-6-8-23(25)32/h6-10,15,18,33H,11-14,16-17H2,1-5H3,(H,34,42)(H2,35,36,37,41)/t18-/m0/s1. The van der Waals surface area contributed by atoms with Gasteiger partial charge in [-0.2, -0.15) is 5.10 Å². The fourth-order valence-electron chi connectivity index (χ4n) is 5.58. The number of ether oxygens (including phenoxy) is 1. The van der Waals surface area contributed by atoms with Crippen LogP contribution in [-0.4, -0.2) is 84.9 Å². The van der Waals surface area contributed by atoms with Crippen molar-refractivity contribution >= 4 is 58.0 Å². The minimum absolute atomic E-state index is 0.0200. The average Bonchev–Trinajstić information content (AvgIpc) is 3.48. The lowest BCUT2D eigenvalue weighted by atomic mass is 10.0. The van der Waals surface area contributed by atoms with Crippen LogP contribution in [0.5, 0.6) is 0 Å². The van der Waals surface area contributed by atoms with Crippen molar-refractivity contribution in [3.8, 4) is 0 Å². The number of urea groups is 1. The van der Waals surface area contributed by atoms with Crippen LogP contribution in [0.3, 0.4) is 0 Å². The third-order valence-electron chi connectivity index (χ3n) is 8.08. The van der Waals surface area contributed by atoms with Gasteiger partial charge in [-0.1, -0.05) is 29.3 Å². The molecule has 0 aliphatic carbocycles. The van der Waals surface area contributed by atoms with Crippen molar-refractivity contribution < 1.29 is 14.3 Å². The first-order valence-corrected chi connectivity index (χ1v) is 15.0. The highest BCUT2D eigenvalue weighted by atomic mass is 35.5. The molecule has 3 aromatic rings. The number of hydrogen-bond donors (Lipinski definition) is 4. The number of H-pyrrole nitrogens is 1. The first kappa shape index (κ1) is 30.9. The van der Waals surface area contributed by atoms with E-state index < -0.39 is 5.54 Å². The van der Waals surface area contributed by atoms with E-state index in [2.05, 4.69) is 43.0 Å². The Morgan fingerprint density at radius 3 is 2.47 bits per heavy atom. The Bertz CT molecular complexity index is 1480. The van der Waals surface area contributed by atoms with Crippen LogP contribution >= 0.6 is 23.2 Å². The summed E-state index contributed by atoms with van der Waals surface area (Å²) in [4.78, 5) is 33.4. The van der Waals surface area contributed by atoms with Crippen molar-refractivity contribution in [2.75, 3.05) is 67.8 Å². The van der Waals surface area contributed by atoms with Crippen LogP contribution in [0.15, 0.2) is 36.4 Å². The van der Waals surface area contributed by atoms with Crippen molar-refractivity contribution in [1.82, 2.24) is 20.0 Å². The lowest BCUT2D eigenvalue weighted by Gasteiger charge is -2.34. The molecule has 2 aliphatic heterocycles. The number of fused-ring (bicyclic) bond motifs is 1.